The summed E-state index contributed by atoms with van der Waals surface area (Å²) in [6, 6.07) is 14.8. The van der Waals surface area contributed by atoms with Crippen LogP contribution in [0.1, 0.15) is 80.7 Å². The predicted octanol–water partition coefficient (Wildman–Crippen LogP) is 6.12. The topological polar surface area (TPSA) is 57.6 Å². The molecule has 2 aromatic carbocycles. The first-order valence-electron chi connectivity index (χ1n) is 11.3. The molecule has 1 aliphatic rings. The average Bonchev–Trinajstić information content (AvgIpc) is 3.01. The number of carbonyl (C=O) groups excluding carboxylic acids is 2. The van der Waals surface area contributed by atoms with Crippen LogP contribution in [0.3, 0.4) is 0 Å². The molecule has 0 unspecified atom stereocenters. The monoisotopic (exact) mass is 419 g/mol. The van der Waals surface area contributed by atoms with Gasteiger partial charge in [-0.2, -0.15) is 0 Å². The number of Topliss-reactive ketones (excluding diaryl/α,β-unsaturated/α-hetero) is 1. The quantitative estimate of drug-likeness (QED) is 0.243. The Kier molecular flexibility index (Phi) is 7.32. The van der Waals surface area contributed by atoms with E-state index in [1.54, 1.807) is 17.0 Å². The third-order valence-electron chi connectivity index (χ3n) is 6.04. The molecule has 1 N–H and O–H groups in total. The molecule has 164 valence electrons. The molecule has 4 nitrogen and oxygen atoms in total. The number of carbonyl (C=O) groups is 2. The molecule has 2 aromatic rings. The highest BCUT2D eigenvalue weighted by molar-refractivity contribution is 6.46. The minimum absolute atomic E-state index is 0.104. The fourth-order valence-corrected chi connectivity index (χ4v) is 4.10. The lowest BCUT2D eigenvalue weighted by Gasteiger charge is -2.25. The zero-order valence-corrected chi connectivity index (χ0v) is 19.0. The van der Waals surface area contributed by atoms with Crippen molar-refractivity contribution in [1.29, 1.82) is 0 Å². The molecular formula is C27H33NO3. The number of rotatable bonds is 8. The smallest absolute Gasteiger partial charge is 0.295 e. The highest BCUT2D eigenvalue weighted by Crippen LogP contribution is 2.40. The first-order valence-corrected chi connectivity index (χ1v) is 11.3. The molecule has 1 heterocycles. The zero-order chi connectivity index (χ0) is 22.5. The second-order valence-corrected chi connectivity index (χ2v) is 8.74. The Labute approximate surface area is 185 Å². The Morgan fingerprint density at radius 2 is 1.61 bits per heavy atom. The van der Waals surface area contributed by atoms with Crippen molar-refractivity contribution >= 4 is 17.4 Å². The predicted molar refractivity (Wildman–Crippen MR) is 125 cm³/mol. The fraction of sp³-hybridized carbons (Fsp3) is 0.407. The van der Waals surface area contributed by atoms with Gasteiger partial charge in [0, 0.05) is 12.1 Å². The highest BCUT2D eigenvalue weighted by Gasteiger charge is 2.45. The zero-order valence-electron chi connectivity index (χ0n) is 19.0. The molecule has 1 saturated heterocycles. The van der Waals surface area contributed by atoms with E-state index in [1.807, 2.05) is 43.3 Å². The largest absolute Gasteiger partial charge is 0.507 e. The SMILES string of the molecule is CCCCCCN1C(=O)C(=O)C(=C(O)c2ccc(C)cc2)[C@H]1c1ccc(C(C)C)cc1. The molecule has 3 rings (SSSR count). The Morgan fingerprint density at radius 3 is 2.19 bits per heavy atom. The maximum atomic E-state index is 13.0. The summed E-state index contributed by atoms with van der Waals surface area (Å²) < 4.78 is 0. The van der Waals surface area contributed by atoms with Crippen molar-refractivity contribution in [2.45, 2.75) is 65.3 Å². The summed E-state index contributed by atoms with van der Waals surface area (Å²) >= 11 is 0. The van der Waals surface area contributed by atoms with Crippen molar-refractivity contribution in [3.05, 3.63) is 76.4 Å². The van der Waals surface area contributed by atoms with Gasteiger partial charge in [0.15, 0.2) is 0 Å². The average molecular weight is 420 g/mol. The minimum atomic E-state index is -0.605. The van der Waals surface area contributed by atoms with E-state index in [4.69, 9.17) is 0 Å². The van der Waals surface area contributed by atoms with Crippen LogP contribution in [-0.2, 0) is 9.59 Å². The van der Waals surface area contributed by atoms with Crippen LogP contribution < -0.4 is 0 Å². The van der Waals surface area contributed by atoms with E-state index in [1.165, 1.54) is 5.56 Å². The van der Waals surface area contributed by atoms with E-state index < -0.39 is 17.7 Å². The van der Waals surface area contributed by atoms with E-state index in [-0.39, 0.29) is 11.3 Å². The third-order valence-corrected chi connectivity index (χ3v) is 6.04. The number of aryl methyl sites for hydroxylation is 1. The molecular weight excluding hydrogens is 386 g/mol. The van der Waals surface area contributed by atoms with Crippen molar-refractivity contribution in [2.75, 3.05) is 6.54 Å². The molecule has 1 atom stereocenters. The Bertz CT molecular complexity index is 955. The van der Waals surface area contributed by atoms with Gasteiger partial charge in [-0.15, -0.1) is 0 Å². The third kappa shape index (κ3) is 4.90. The molecule has 0 aromatic heterocycles. The number of hydrogen-bond acceptors (Lipinski definition) is 3. The van der Waals surface area contributed by atoms with Gasteiger partial charge in [0.25, 0.3) is 11.7 Å². The molecule has 0 saturated carbocycles. The summed E-state index contributed by atoms with van der Waals surface area (Å²) in [5.74, 6) is -0.844. The van der Waals surface area contributed by atoms with Gasteiger partial charge in [-0.05, 0) is 30.4 Å². The van der Waals surface area contributed by atoms with Crippen LogP contribution in [0.2, 0.25) is 0 Å². The van der Waals surface area contributed by atoms with E-state index in [0.717, 1.165) is 36.8 Å². The van der Waals surface area contributed by atoms with Crippen LogP contribution in [0.25, 0.3) is 5.76 Å². The standard InChI is InChI=1S/C27H33NO3/c1-5-6-7-8-17-28-24(21-15-13-20(14-16-21)18(2)3)23(26(30)27(28)31)25(29)22-11-9-19(4)10-12-22/h9-16,18,24,29H,5-8,17H2,1-4H3/t24-/m1/s1. The molecule has 0 bridgehead atoms. The van der Waals surface area contributed by atoms with Crippen molar-refractivity contribution in [3.8, 4) is 0 Å². The van der Waals surface area contributed by atoms with Gasteiger partial charge in [-0.1, -0.05) is 94.1 Å². The number of aliphatic hydroxyl groups is 1. The lowest BCUT2D eigenvalue weighted by molar-refractivity contribution is -0.139. The minimum Gasteiger partial charge on any atom is -0.507 e. The summed E-state index contributed by atoms with van der Waals surface area (Å²) in [6.07, 6.45) is 4.05. The second kappa shape index (κ2) is 9.95. The van der Waals surface area contributed by atoms with Gasteiger partial charge in [-0.3, -0.25) is 9.59 Å². The Hall–Kier alpha value is -2.88. The normalized spacial score (nSPS) is 18.2. The number of nitrogens with zero attached hydrogens (tertiary/aromatic N) is 1. The van der Waals surface area contributed by atoms with Crippen LogP contribution in [0, 0.1) is 6.92 Å². The number of amides is 1. The molecule has 1 amide bonds. The maximum absolute atomic E-state index is 13.0. The van der Waals surface area contributed by atoms with Crippen molar-refractivity contribution < 1.29 is 14.7 Å². The Balaban J connectivity index is 2.06. The van der Waals surface area contributed by atoms with Crippen molar-refractivity contribution in [2.24, 2.45) is 0 Å². The molecule has 31 heavy (non-hydrogen) atoms. The number of benzene rings is 2. The van der Waals surface area contributed by atoms with Gasteiger partial charge in [-0.25, -0.2) is 0 Å². The number of aliphatic hydroxyl groups excluding tert-OH is 1. The van der Waals surface area contributed by atoms with Gasteiger partial charge in [0.2, 0.25) is 0 Å². The number of unbranched alkanes of at least 4 members (excludes halogenated alkanes) is 3. The van der Waals surface area contributed by atoms with Crippen LogP contribution in [0.15, 0.2) is 54.1 Å². The van der Waals surface area contributed by atoms with Crippen molar-refractivity contribution in [3.63, 3.8) is 0 Å². The lowest BCUT2D eigenvalue weighted by Crippen LogP contribution is -2.30. The number of likely N-dealkylation sites (tertiary alicyclic amines) is 1. The summed E-state index contributed by atoms with van der Waals surface area (Å²) in [5.41, 5.74) is 3.85. The van der Waals surface area contributed by atoms with Crippen LogP contribution >= 0.6 is 0 Å². The summed E-state index contributed by atoms with van der Waals surface area (Å²) in [4.78, 5) is 27.6. The number of hydrogen-bond donors (Lipinski definition) is 1. The van der Waals surface area contributed by atoms with Crippen LogP contribution in [-0.4, -0.2) is 28.2 Å². The van der Waals surface area contributed by atoms with Gasteiger partial charge >= 0.3 is 0 Å². The van der Waals surface area contributed by atoms with Gasteiger partial charge < -0.3 is 10.0 Å². The number of ketones is 1. The molecule has 4 heteroatoms. The van der Waals surface area contributed by atoms with Gasteiger partial charge in [0.05, 0.1) is 11.6 Å². The van der Waals surface area contributed by atoms with Crippen LogP contribution in [0.4, 0.5) is 0 Å². The summed E-state index contributed by atoms with van der Waals surface area (Å²) in [7, 11) is 0. The summed E-state index contributed by atoms with van der Waals surface area (Å²) in [6.45, 7) is 8.88. The van der Waals surface area contributed by atoms with E-state index in [2.05, 4.69) is 20.8 Å². The van der Waals surface area contributed by atoms with Crippen LogP contribution in [0.5, 0.6) is 0 Å². The first kappa shape index (κ1) is 22.8. The second-order valence-electron chi connectivity index (χ2n) is 8.74. The lowest BCUT2D eigenvalue weighted by atomic mass is 9.93. The summed E-state index contributed by atoms with van der Waals surface area (Å²) in [5, 5.41) is 11.1. The fourth-order valence-electron chi connectivity index (χ4n) is 4.10. The molecule has 1 aliphatic heterocycles. The van der Waals surface area contributed by atoms with E-state index >= 15 is 0 Å². The van der Waals surface area contributed by atoms with E-state index in [9.17, 15) is 14.7 Å². The Morgan fingerprint density at radius 1 is 0.968 bits per heavy atom. The first-order chi connectivity index (χ1) is 14.8. The molecule has 0 radical (unpaired) electrons. The van der Waals surface area contributed by atoms with Crippen molar-refractivity contribution in [1.82, 2.24) is 4.90 Å². The van der Waals surface area contributed by atoms with Gasteiger partial charge in [0.1, 0.15) is 5.76 Å². The molecule has 1 fully saturated rings. The maximum Gasteiger partial charge on any atom is 0.295 e. The highest BCUT2D eigenvalue weighted by atomic mass is 16.3. The molecule has 0 aliphatic carbocycles. The van der Waals surface area contributed by atoms with E-state index in [0.29, 0.717) is 18.0 Å². The molecule has 0 spiro atoms.